The highest BCUT2D eigenvalue weighted by Gasteiger charge is 2.32. The normalized spacial score (nSPS) is 17.2. The highest BCUT2D eigenvalue weighted by molar-refractivity contribution is 7.92. The lowest BCUT2D eigenvalue weighted by atomic mass is 9.97. The molecular formula is C21H26N6O3S. The van der Waals surface area contributed by atoms with Crippen LogP contribution in [0.25, 0.3) is 5.65 Å². The summed E-state index contributed by atoms with van der Waals surface area (Å²) in [5, 5.41) is 4.69. The summed E-state index contributed by atoms with van der Waals surface area (Å²) in [5.74, 6) is 1.20. The quantitative estimate of drug-likeness (QED) is 0.665. The van der Waals surface area contributed by atoms with E-state index in [1.165, 1.54) is 0 Å². The van der Waals surface area contributed by atoms with Gasteiger partial charge in [-0.2, -0.15) is 5.10 Å². The number of nitrogens with zero attached hydrogens (tertiary/aromatic N) is 5. The molecule has 3 heterocycles. The molecule has 0 unspecified atom stereocenters. The molecule has 1 aliphatic heterocycles. The van der Waals surface area contributed by atoms with Gasteiger partial charge in [-0.05, 0) is 52.2 Å². The molecule has 3 aromatic rings. The fourth-order valence-corrected chi connectivity index (χ4v) is 4.68. The number of amides is 1. The second-order valence-corrected chi connectivity index (χ2v) is 9.84. The smallest absolute Gasteiger partial charge is 0.256 e. The van der Waals surface area contributed by atoms with Crippen molar-refractivity contribution in [2.45, 2.75) is 46.1 Å². The fraction of sp³-hybridized carbons (Fsp3) is 0.429. The van der Waals surface area contributed by atoms with Crippen LogP contribution in [0.1, 0.15) is 58.6 Å². The van der Waals surface area contributed by atoms with E-state index in [-0.39, 0.29) is 17.6 Å². The molecule has 1 atom stereocenters. The van der Waals surface area contributed by atoms with Gasteiger partial charge in [-0.15, -0.1) is 0 Å². The number of carbonyl (C=O) groups excluding carboxylic acids is 1. The minimum atomic E-state index is -3.52. The number of aromatic nitrogens is 4. The van der Waals surface area contributed by atoms with Crippen molar-refractivity contribution in [1.29, 1.82) is 0 Å². The lowest BCUT2D eigenvalue weighted by Crippen LogP contribution is -2.39. The number of likely N-dealkylation sites (tertiary alicyclic amines) is 1. The number of sulfonamides is 1. The van der Waals surface area contributed by atoms with Gasteiger partial charge in [0.25, 0.3) is 5.91 Å². The van der Waals surface area contributed by atoms with Gasteiger partial charge in [-0.3, -0.25) is 9.52 Å². The predicted molar refractivity (Wildman–Crippen MR) is 118 cm³/mol. The number of fused-ring (bicyclic) bond motifs is 1. The molecule has 0 saturated carbocycles. The Bertz CT molecular complexity index is 1270. The Morgan fingerprint density at radius 3 is 2.65 bits per heavy atom. The van der Waals surface area contributed by atoms with Gasteiger partial charge in [0.05, 0.1) is 29.2 Å². The average Bonchev–Trinajstić information content (AvgIpc) is 3.12. The highest BCUT2D eigenvalue weighted by Crippen LogP contribution is 2.33. The summed E-state index contributed by atoms with van der Waals surface area (Å²) in [5.41, 5.74) is 2.97. The first-order valence-corrected chi connectivity index (χ1v) is 12.1. The molecule has 1 amide bonds. The first kappa shape index (κ1) is 21.2. The second-order valence-electron chi connectivity index (χ2n) is 8.09. The highest BCUT2D eigenvalue weighted by atomic mass is 32.2. The second kappa shape index (κ2) is 7.92. The first-order chi connectivity index (χ1) is 14.6. The third-order valence-electron chi connectivity index (χ3n) is 5.42. The number of hydrogen-bond acceptors (Lipinski definition) is 6. The van der Waals surface area contributed by atoms with Crippen LogP contribution in [0.5, 0.6) is 0 Å². The van der Waals surface area contributed by atoms with Gasteiger partial charge in [0.2, 0.25) is 10.0 Å². The zero-order valence-electron chi connectivity index (χ0n) is 18.1. The van der Waals surface area contributed by atoms with Gasteiger partial charge in [-0.25, -0.2) is 22.9 Å². The number of carbonyl (C=O) groups is 1. The summed E-state index contributed by atoms with van der Waals surface area (Å²) < 4.78 is 27.8. The molecule has 1 N–H and O–H groups in total. The Kier molecular flexibility index (Phi) is 5.42. The summed E-state index contributed by atoms with van der Waals surface area (Å²) in [4.78, 5) is 24.2. The first-order valence-electron chi connectivity index (χ1n) is 10.2. The van der Waals surface area contributed by atoms with Crippen molar-refractivity contribution in [1.82, 2.24) is 24.5 Å². The monoisotopic (exact) mass is 442 g/mol. The Morgan fingerprint density at radius 2 is 1.90 bits per heavy atom. The van der Waals surface area contributed by atoms with Crippen LogP contribution in [0.2, 0.25) is 0 Å². The summed E-state index contributed by atoms with van der Waals surface area (Å²) in [6, 6.07) is 6.84. The standard InChI is InChI=1S/C21H26N6O3S/c1-13-8-9-17(25-31(4,29)30)16(11-13)21(28)26-10-6-5-7-19(26)18-12-20-23-14(2)22-15(3)27(20)24-18/h8-9,11-12,19,25H,5-7,10H2,1-4H3/t19-/m1/s1. The Labute approximate surface area is 181 Å². The number of benzene rings is 1. The largest absolute Gasteiger partial charge is 0.330 e. The van der Waals surface area contributed by atoms with Gasteiger partial charge < -0.3 is 4.90 Å². The molecule has 1 aromatic carbocycles. The third-order valence-corrected chi connectivity index (χ3v) is 6.01. The fourth-order valence-electron chi connectivity index (χ4n) is 4.10. The lowest BCUT2D eigenvalue weighted by Gasteiger charge is -2.35. The van der Waals surface area contributed by atoms with E-state index in [1.807, 2.05) is 26.8 Å². The van der Waals surface area contributed by atoms with E-state index < -0.39 is 10.0 Å². The van der Waals surface area contributed by atoms with Crippen molar-refractivity contribution in [3.8, 4) is 0 Å². The Hall–Kier alpha value is -3.01. The molecule has 0 radical (unpaired) electrons. The van der Waals surface area contributed by atoms with E-state index in [2.05, 4.69) is 19.8 Å². The maximum absolute atomic E-state index is 13.6. The summed E-state index contributed by atoms with van der Waals surface area (Å²) >= 11 is 0. The topological polar surface area (TPSA) is 110 Å². The molecule has 9 nitrogen and oxygen atoms in total. The van der Waals surface area contributed by atoms with Crippen LogP contribution in [0.15, 0.2) is 24.3 Å². The number of nitrogens with one attached hydrogen (secondary N) is 1. The summed E-state index contributed by atoms with van der Waals surface area (Å²) in [7, 11) is -3.52. The molecule has 10 heteroatoms. The van der Waals surface area contributed by atoms with Crippen LogP contribution >= 0.6 is 0 Å². The number of hydrogen-bond donors (Lipinski definition) is 1. The summed E-state index contributed by atoms with van der Waals surface area (Å²) in [6.07, 6.45) is 3.72. The van der Waals surface area contributed by atoms with Crippen LogP contribution in [0, 0.1) is 20.8 Å². The SMILES string of the molecule is Cc1ccc(NS(C)(=O)=O)c(C(=O)N2CCCC[C@@H]2c2cc3nc(C)nc(C)n3n2)c1. The molecule has 0 aliphatic carbocycles. The molecular weight excluding hydrogens is 416 g/mol. The molecule has 31 heavy (non-hydrogen) atoms. The number of anilines is 1. The zero-order valence-corrected chi connectivity index (χ0v) is 18.9. The number of rotatable bonds is 4. The van der Waals surface area contributed by atoms with Crippen molar-refractivity contribution in [2.24, 2.45) is 0 Å². The van der Waals surface area contributed by atoms with Gasteiger partial charge in [-0.1, -0.05) is 11.6 Å². The van der Waals surface area contributed by atoms with E-state index >= 15 is 0 Å². The third kappa shape index (κ3) is 4.39. The van der Waals surface area contributed by atoms with Crippen molar-refractivity contribution in [2.75, 3.05) is 17.5 Å². The molecule has 2 aromatic heterocycles. The predicted octanol–water partition coefficient (Wildman–Crippen LogP) is 2.79. The maximum atomic E-state index is 13.6. The molecule has 1 aliphatic rings. The minimum absolute atomic E-state index is 0.212. The molecule has 164 valence electrons. The van der Waals surface area contributed by atoms with E-state index in [1.54, 1.807) is 27.6 Å². The van der Waals surface area contributed by atoms with Crippen molar-refractivity contribution in [3.63, 3.8) is 0 Å². The molecule has 1 saturated heterocycles. The van der Waals surface area contributed by atoms with Crippen molar-refractivity contribution < 1.29 is 13.2 Å². The Balaban J connectivity index is 1.74. The number of aryl methyl sites for hydroxylation is 3. The van der Waals surface area contributed by atoms with Crippen molar-refractivity contribution in [3.05, 3.63) is 52.7 Å². The number of piperidine rings is 1. The van der Waals surface area contributed by atoms with Gasteiger partial charge in [0, 0.05) is 12.6 Å². The van der Waals surface area contributed by atoms with Crippen molar-refractivity contribution >= 4 is 27.3 Å². The zero-order chi connectivity index (χ0) is 22.3. The van der Waals surface area contributed by atoms with Crippen LogP contribution in [0.3, 0.4) is 0 Å². The maximum Gasteiger partial charge on any atom is 0.256 e. The molecule has 0 bridgehead atoms. The average molecular weight is 443 g/mol. The molecule has 1 fully saturated rings. The van der Waals surface area contributed by atoms with E-state index in [0.29, 0.717) is 23.6 Å². The van der Waals surface area contributed by atoms with Crippen LogP contribution in [-0.4, -0.2) is 51.6 Å². The van der Waals surface area contributed by atoms with E-state index in [0.717, 1.165) is 42.6 Å². The minimum Gasteiger partial charge on any atom is -0.330 e. The van der Waals surface area contributed by atoms with Gasteiger partial charge >= 0.3 is 0 Å². The van der Waals surface area contributed by atoms with E-state index in [9.17, 15) is 13.2 Å². The lowest BCUT2D eigenvalue weighted by molar-refractivity contribution is 0.0606. The van der Waals surface area contributed by atoms with Gasteiger partial charge in [0.1, 0.15) is 11.6 Å². The van der Waals surface area contributed by atoms with Crippen LogP contribution in [0.4, 0.5) is 5.69 Å². The van der Waals surface area contributed by atoms with Crippen LogP contribution < -0.4 is 4.72 Å². The summed E-state index contributed by atoms with van der Waals surface area (Å²) in [6.45, 7) is 6.16. The van der Waals surface area contributed by atoms with Crippen LogP contribution in [-0.2, 0) is 10.0 Å². The van der Waals surface area contributed by atoms with E-state index in [4.69, 9.17) is 0 Å². The Morgan fingerprint density at radius 1 is 1.13 bits per heavy atom. The molecule has 4 rings (SSSR count). The molecule has 0 spiro atoms. The van der Waals surface area contributed by atoms with Gasteiger partial charge in [0.15, 0.2) is 5.65 Å².